The lowest BCUT2D eigenvalue weighted by molar-refractivity contribution is 0.0400. The van der Waals surface area contributed by atoms with Crippen LogP contribution in [0.25, 0.3) is 0 Å². The van der Waals surface area contributed by atoms with E-state index in [1.807, 2.05) is 0 Å². The third-order valence-electron chi connectivity index (χ3n) is 4.64. The second-order valence-corrected chi connectivity index (χ2v) is 5.98. The molecule has 3 rings (SSSR count). The lowest BCUT2D eigenvalue weighted by Gasteiger charge is -2.30. The number of ether oxygens (including phenoxy) is 2. The van der Waals surface area contributed by atoms with Crippen LogP contribution >= 0.6 is 0 Å². The highest BCUT2D eigenvalue weighted by molar-refractivity contribution is 5.35. The summed E-state index contributed by atoms with van der Waals surface area (Å²) in [7, 11) is 0. The van der Waals surface area contributed by atoms with Crippen molar-refractivity contribution in [2.45, 2.75) is 6.92 Å². The summed E-state index contributed by atoms with van der Waals surface area (Å²) >= 11 is 0. The van der Waals surface area contributed by atoms with Gasteiger partial charge >= 0.3 is 0 Å². The summed E-state index contributed by atoms with van der Waals surface area (Å²) in [4.78, 5) is 5.02. The van der Waals surface area contributed by atoms with Gasteiger partial charge in [-0.05, 0) is 11.1 Å². The summed E-state index contributed by atoms with van der Waals surface area (Å²) < 4.78 is 10.8. The fraction of sp³-hybridized carbons (Fsp3) is 0.750. The molecule has 2 fully saturated rings. The maximum atomic E-state index is 5.42. The number of morpholine rings is 2. The van der Waals surface area contributed by atoms with Gasteiger partial charge in [-0.1, -0.05) is 19.1 Å². The van der Waals surface area contributed by atoms with E-state index in [0.29, 0.717) is 5.92 Å². The van der Waals surface area contributed by atoms with Crippen LogP contribution in [-0.4, -0.2) is 75.5 Å². The number of allylic oxidation sites excluding steroid dienone is 2. The SMILES string of the molecule is CC1C(CN2CCOCC2)=CC=C1CN1CCOCC1. The van der Waals surface area contributed by atoms with Crippen molar-refractivity contribution >= 4 is 0 Å². The van der Waals surface area contributed by atoms with Crippen molar-refractivity contribution in [3.63, 3.8) is 0 Å². The van der Waals surface area contributed by atoms with Gasteiger partial charge in [0.25, 0.3) is 0 Å². The molecule has 0 unspecified atom stereocenters. The van der Waals surface area contributed by atoms with Crippen LogP contribution in [0.3, 0.4) is 0 Å². The van der Waals surface area contributed by atoms with Gasteiger partial charge < -0.3 is 9.47 Å². The Labute approximate surface area is 122 Å². The second-order valence-electron chi connectivity index (χ2n) is 5.98. The second kappa shape index (κ2) is 6.85. The zero-order valence-electron chi connectivity index (χ0n) is 12.5. The van der Waals surface area contributed by atoms with E-state index in [4.69, 9.17) is 9.47 Å². The van der Waals surface area contributed by atoms with Crippen LogP contribution in [0.4, 0.5) is 0 Å². The fourth-order valence-electron chi connectivity index (χ4n) is 3.16. The Balaban J connectivity index is 1.48. The first-order valence-electron chi connectivity index (χ1n) is 7.82. The molecular weight excluding hydrogens is 252 g/mol. The van der Waals surface area contributed by atoms with Crippen molar-refractivity contribution in [3.8, 4) is 0 Å². The number of rotatable bonds is 4. The number of hydrogen-bond donors (Lipinski definition) is 0. The molecule has 20 heavy (non-hydrogen) atoms. The summed E-state index contributed by atoms with van der Waals surface area (Å²) in [6.45, 7) is 12.4. The monoisotopic (exact) mass is 278 g/mol. The van der Waals surface area contributed by atoms with E-state index in [9.17, 15) is 0 Å². The largest absolute Gasteiger partial charge is 0.379 e. The maximum absolute atomic E-state index is 5.42. The molecule has 112 valence electrons. The smallest absolute Gasteiger partial charge is 0.0594 e. The molecular formula is C16H26N2O2. The number of hydrogen-bond acceptors (Lipinski definition) is 4. The molecule has 4 nitrogen and oxygen atoms in total. The quantitative estimate of drug-likeness (QED) is 0.770. The first-order valence-corrected chi connectivity index (χ1v) is 7.82. The minimum absolute atomic E-state index is 0.598. The molecule has 3 aliphatic rings. The number of nitrogens with zero attached hydrogens (tertiary/aromatic N) is 2. The van der Waals surface area contributed by atoms with Gasteiger partial charge in [0.15, 0.2) is 0 Å². The lowest BCUT2D eigenvalue weighted by atomic mass is 9.97. The molecule has 0 spiro atoms. The van der Waals surface area contributed by atoms with E-state index in [-0.39, 0.29) is 0 Å². The molecule has 0 saturated carbocycles. The van der Waals surface area contributed by atoms with Crippen LogP contribution < -0.4 is 0 Å². The van der Waals surface area contributed by atoms with Crippen molar-refractivity contribution in [3.05, 3.63) is 23.3 Å². The molecule has 0 aromatic heterocycles. The Hall–Kier alpha value is -0.680. The highest BCUT2D eigenvalue weighted by Gasteiger charge is 2.23. The standard InChI is InChI=1S/C16H26N2O2/c1-14-15(12-17-4-8-19-9-5-17)2-3-16(14)13-18-6-10-20-11-7-18/h2-3,14H,4-13H2,1H3. The van der Waals surface area contributed by atoms with Gasteiger partial charge in [0.05, 0.1) is 26.4 Å². The molecule has 0 aromatic rings. The van der Waals surface area contributed by atoms with Gasteiger partial charge in [-0.3, -0.25) is 9.80 Å². The average Bonchev–Trinajstić information content (AvgIpc) is 2.83. The highest BCUT2D eigenvalue weighted by Crippen LogP contribution is 2.28. The van der Waals surface area contributed by atoms with Gasteiger partial charge in [0.1, 0.15) is 0 Å². The Morgan fingerprint density at radius 2 is 1.25 bits per heavy atom. The molecule has 2 aliphatic heterocycles. The van der Waals surface area contributed by atoms with Crippen LogP contribution in [0, 0.1) is 5.92 Å². The van der Waals surface area contributed by atoms with E-state index >= 15 is 0 Å². The minimum Gasteiger partial charge on any atom is -0.379 e. The van der Waals surface area contributed by atoms with Gasteiger partial charge in [0, 0.05) is 45.2 Å². The van der Waals surface area contributed by atoms with Crippen molar-refractivity contribution in [1.82, 2.24) is 9.80 Å². The van der Waals surface area contributed by atoms with E-state index in [1.165, 1.54) is 0 Å². The van der Waals surface area contributed by atoms with Crippen molar-refractivity contribution in [1.29, 1.82) is 0 Å². The summed E-state index contributed by atoms with van der Waals surface area (Å²) in [6, 6.07) is 0. The first kappa shape index (κ1) is 14.3. The predicted octanol–water partition coefficient (Wildman–Crippen LogP) is 1.15. The van der Waals surface area contributed by atoms with Crippen LogP contribution in [0.15, 0.2) is 23.3 Å². The van der Waals surface area contributed by atoms with Crippen LogP contribution in [0.5, 0.6) is 0 Å². The van der Waals surface area contributed by atoms with E-state index < -0.39 is 0 Å². The third-order valence-corrected chi connectivity index (χ3v) is 4.64. The molecule has 0 atom stereocenters. The van der Waals surface area contributed by atoms with Crippen molar-refractivity contribution in [2.24, 2.45) is 5.92 Å². The Bertz CT molecular complexity index is 344. The summed E-state index contributed by atoms with van der Waals surface area (Å²) in [6.07, 6.45) is 4.69. The van der Waals surface area contributed by atoms with E-state index in [1.54, 1.807) is 11.1 Å². The molecule has 2 saturated heterocycles. The molecule has 2 heterocycles. The van der Waals surface area contributed by atoms with Gasteiger partial charge in [0.2, 0.25) is 0 Å². The topological polar surface area (TPSA) is 24.9 Å². The lowest BCUT2D eigenvalue weighted by Crippen LogP contribution is -2.39. The Morgan fingerprint density at radius 1 is 0.850 bits per heavy atom. The van der Waals surface area contributed by atoms with Gasteiger partial charge in [-0.15, -0.1) is 0 Å². The zero-order chi connectivity index (χ0) is 13.8. The summed E-state index contributed by atoms with van der Waals surface area (Å²) in [5.74, 6) is 0.598. The molecule has 4 heteroatoms. The predicted molar refractivity (Wildman–Crippen MR) is 79.8 cm³/mol. The normalized spacial score (nSPS) is 26.6. The molecule has 0 radical (unpaired) electrons. The molecule has 1 aliphatic carbocycles. The van der Waals surface area contributed by atoms with Crippen LogP contribution in [0.1, 0.15) is 6.92 Å². The Kier molecular flexibility index (Phi) is 4.89. The fourth-order valence-corrected chi connectivity index (χ4v) is 3.16. The molecule has 0 aromatic carbocycles. The van der Waals surface area contributed by atoms with Crippen molar-refractivity contribution in [2.75, 3.05) is 65.7 Å². The maximum Gasteiger partial charge on any atom is 0.0594 e. The average molecular weight is 278 g/mol. The molecule has 0 N–H and O–H groups in total. The van der Waals surface area contributed by atoms with E-state index in [0.717, 1.165) is 65.7 Å². The van der Waals surface area contributed by atoms with Crippen LogP contribution in [0.2, 0.25) is 0 Å². The zero-order valence-corrected chi connectivity index (χ0v) is 12.5. The Morgan fingerprint density at radius 3 is 1.65 bits per heavy atom. The molecule has 0 amide bonds. The minimum atomic E-state index is 0.598. The highest BCUT2D eigenvalue weighted by atomic mass is 16.5. The van der Waals surface area contributed by atoms with Gasteiger partial charge in [-0.25, -0.2) is 0 Å². The first-order chi connectivity index (χ1) is 9.83. The third kappa shape index (κ3) is 3.50. The molecule has 0 bridgehead atoms. The van der Waals surface area contributed by atoms with E-state index in [2.05, 4.69) is 28.9 Å². The summed E-state index contributed by atoms with van der Waals surface area (Å²) in [5.41, 5.74) is 3.13. The van der Waals surface area contributed by atoms with Crippen molar-refractivity contribution < 1.29 is 9.47 Å². The summed E-state index contributed by atoms with van der Waals surface area (Å²) in [5, 5.41) is 0. The van der Waals surface area contributed by atoms with Gasteiger partial charge in [-0.2, -0.15) is 0 Å². The van der Waals surface area contributed by atoms with Crippen LogP contribution in [-0.2, 0) is 9.47 Å².